The molecule has 2 aromatic heterocycles. The Morgan fingerprint density at radius 2 is 2.27 bits per heavy atom. The van der Waals surface area contributed by atoms with Gasteiger partial charge in [-0.15, -0.1) is 11.8 Å². The molecule has 0 saturated heterocycles. The lowest BCUT2D eigenvalue weighted by Gasteiger charge is -2.00. The molecular formula is C10H14N4S. The molecule has 4 nitrogen and oxygen atoms in total. The maximum atomic E-state index is 4.29. The second-order valence-corrected chi connectivity index (χ2v) is 4.47. The first-order valence-electron chi connectivity index (χ1n) is 5.08. The quantitative estimate of drug-likeness (QED) is 0.452. The van der Waals surface area contributed by atoms with E-state index in [1.807, 2.05) is 13.2 Å². The van der Waals surface area contributed by atoms with Gasteiger partial charge in [-0.25, -0.2) is 9.97 Å². The standard InChI is InChI=1S/C10H14N4S/c1-3-4-5-15-10-8-6-13-14(2)9(8)11-7-12-10/h6-7H,3-5H2,1-2H3. The maximum absolute atomic E-state index is 4.29. The Morgan fingerprint density at radius 3 is 3.07 bits per heavy atom. The number of aromatic nitrogens is 4. The van der Waals surface area contributed by atoms with Gasteiger partial charge in [0.1, 0.15) is 11.4 Å². The highest BCUT2D eigenvalue weighted by Crippen LogP contribution is 2.24. The zero-order valence-corrected chi connectivity index (χ0v) is 9.79. The molecule has 0 radical (unpaired) electrons. The van der Waals surface area contributed by atoms with E-state index >= 15 is 0 Å². The highest BCUT2D eigenvalue weighted by Gasteiger charge is 2.07. The third kappa shape index (κ3) is 2.12. The van der Waals surface area contributed by atoms with Crippen LogP contribution in [0.25, 0.3) is 11.0 Å². The maximum Gasteiger partial charge on any atom is 0.162 e. The number of unbranched alkanes of at least 4 members (excludes halogenated alkanes) is 1. The van der Waals surface area contributed by atoms with Crippen molar-refractivity contribution in [1.29, 1.82) is 0 Å². The van der Waals surface area contributed by atoms with Crippen LogP contribution in [0.1, 0.15) is 19.8 Å². The molecule has 0 aliphatic rings. The normalized spacial score (nSPS) is 11.1. The fourth-order valence-corrected chi connectivity index (χ4v) is 2.42. The molecule has 2 rings (SSSR count). The van der Waals surface area contributed by atoms with Crippen LogP contribution in [0, 0.1) is 0 Å². The number of nitrogens with zero attached hydrogens (tertiary/aromatic N) is 4. The summed E-state index contributed by atoms with van der Waals surface area (Å²) in [5.41, 5.74) is 0.906. The number of hydrogen-bond donors (Lipinski definition) is 0. The molecule has 2 aromatic rings. The van der Waals surface area contributed by atoms with E-state index in [4.69, 9.17) is 0 Å². The van der Waals surface area contributed by atoms with Gasteiger partial charge in [0, 0.05) is 7.05 Å². The van der Waals surface area contributed by atoms with Crippen LogP contribution < -0.4 is 0 Å². The van der Waals surface area contributed by atoms with Crippen molar-refractivity contribution in [2.75, 3.05) is 5.75 Å². The summed E-state index contributed by atoms with van der Waals surface area (Å²) in [7, 11) is 1.90. The summed E-state index contributed by atoms with van der Waals surface area (Å²) in [4.78, 5) is 8.50. The topological polar surface area (TPSA) is 43.6 Å². The average molecular weight is 222 g/mol. The van der Waals surface area contributed by atoms with Gasteiger partial charge in [-0.3, -0.25) is 4.68 Å². The zero-order chi connectivity index (χ0) is 10.7. The van der Waals surface area contributed by atoms with Crippen LogP contribution in [0.15, 0.2) is 17.6 Å². The summed E-state index contributed by atoms with van der Waals surface area (Å²) < 4.78 is 1.78. The molecule has 2 heterocycles. The Morgan fingerprint density at radius 1 is 1.40 bits per heavy atom. The van der Waals surface area contributed by atoms with Gasteiger partial charge in [-0.05, 0) is 12.2 Å². The van der Waals surface area contributed by atoms with Gasteiger partial charge in [0.05, 0.1) is 11.6 Å². The Labute approximate surface area is 93.1 Å². The second kappa shape index (κ2) is 4.61. The lowest BCUT2D eigenvalue weighted by atomic mass is 10.4. The summed E-state index contributed by atoms with van der Waals surface area (Å²) in [5, 5.41) is 6.29. The fourth-order valence-electron chi connectivity index (χ4n) is 1.37. The lowest BCUT2D eigenvalue weighted by molar-refractivity contribution is 0.784. The summed E-state index contributed by atoms with van der Waals surface area (Å²) >= 11 is 1.78. The highest BCUT2D eigenvalue weighted by atomic mass is 32.2. The van der Waals surface area contributed by atoms with E-state index < -0.39 is 0 Å². The number of thioether (sulfide) groups is 1. The molecule has 0 fully saturated rings. The molecule has 0 aliphatic heterocycles. The molecule has 0 bridgehead atoms. The van der Waals surface area contributed by atoms with E-state index in [-0.39, 0.29) is 0 Å². The first-order valence-corrected chi connectivity index (χ1v) is 6.07. The number of fused-ring (bicyclic) bond motifs is 1. The second-order valence-electron chi connectivity index (χ2n) is 3.39. The SMILES string of the molecule is CCCCSc1ncnc2c1cnn2C. The van der Waals surface area contributed by atoms with Crippen LogP contribution >= 0.6 is 11.8 Å². The van der Waals surface area contributed by atoms with Crippen molar-refractivity contribution in [3.05, 3.63) is 12.5 Å². The Bertz CT molecular complexity index is 452. The minimum atomic E-state index is 0.906. The molecule has 0 amide bonds. The summed E-state index contributed by atoms with van der Waals surface area (Å²) in [6, 6.07) is 0. The first-order chi connectivity index (χ1) is 7.33. The molecule has 0 aliphatic carbocycles. The van der Waals surface area contributed by atoms with Crippen LogP contribution in [0.4, 0.5) is 0 Å². The van der Waals surface area contributed by atoms with Gasteiger partial charge in [0.15, 0.2) is 5.65 Å². The minimum Gasteiger partial charge on any atom is -0.250 e. The minimum absolute atomic E-state index is 0.906. The van der Waals surface area contributed by atoms with Gasteiger partial charge >= 0.3 is 0 Å². The van der Waals surface area contributed by atoms with Gasteiger partial charge in [0.25, 0.3) is 0 Å². The molecule has 0 atom stereocenters. The smallest absolute Gasteiger partial charge is 0.162 e. The van der Waals surface area contributed by atoms with Gasteiger partial charge < -0.3 is 0 Å². The first kappa shape index (κ1) is 10.4. The van der Waals surface area contributed by atoms with Crippen LogP contribution in [0.3, 0.4) is 0 Å². The highest BCUT2D eigenvalue weighted by molar-refractivity contribution is 7.99. The van der Waals surface area contributed by atoms with E-state index in [0.717, 1.165) is 21.8 Å². The molecule has 0 aromatic carbocycles. The van der Waals surface area contributed by atoms with E-state index in [2.05, 4.69) is 22.0 Å². The Kier molecular flexibility index (Phi) is 3.20. The predicted octanol–water partition coefficient (Wildman–Crippen LogP) is 2.26. The molecule has 0 N–H and O–H groups in total. The monoisotopic (exact) mass is 222 g/mol. The molecule has 80 valence electrons. The number of aryl methyl sites for hydroxylation is 1. The fraction of sp³-hybridized carbons (Fsp3) is 0.500. The lowest BCUT2D eigenvalue weighted by Crippen LogP contribution is -1.93. The van der Waals surface area contributed by atoms with E-state index in [1.165, 1.54) is 12.8 Å². The van der Waals surface area contributed by atoms with Crippen molar-refractivity contribution in [2.24, 2.45) is 7.05 Å². The van der Waals surface area contributed by atoms with E-state index in [0.29, 0.717) is 0 Å². The summed E-state index contributed by atoms with van der Waals surface area (Å²) in [5.74, 6) is 1.11. The Balaban J connectivity index is 2.26. The van der Waals surface area contributed by atoms with Gasteiger partial charge in [-0.1, -0.05) is 13.3 Å². The van der Waals surface area contributed by atoms with Crippen LogP contribution in [0.5, 0.6) is 0 Å². The molecule has 5 heteroatoms. The largest absolute Gasteiger partial charge is 0.250 e. The predicted molar refractivity (Wildman–Crippen MR) is 61.9 cm³/mol. The van der Waals surface area contributed by atoms with Crippen molar-refractivity contribution in [3.63, 3.8) is 0 Å². The third-order valence-corrected chi connectivity index (χ3v) is 3.32. The molecule has 0 spiro atoms. The summed E-state index contributed by atoms with van der Waals surface area (Å²) in [6.45, 7) is 2.19. The van der Waals surface area contributed by atoms with Crippen molar-refractivity contribution in [2.45, 2.75) is 24.8 Å². The van der Waals surface area contributed by atoms with Crippen LogP contribution in [0.2, 0.25) is 0 Å². The molecule has 0 unspecified atom stereocenters. The van der Waals surface area contributed by atoms with Gasteiger partial charge in [0.2, 0.25) is 0 Å². The van der Waals surface area contributed by atoms with Crippen molar-refractivity contribution in [1.82, 2.24) is 19.7 Å². The average Bonchev–Trinajstić information content (AvgIpc) is 2.62. The number of rotatable bonds is 4. The molecular weight excluding hydrogens is 208 g/mol. The van der Waals surface area contributed by atoms with Crippen molar-refractivity contribution >= 4 is 22.8 Å². The van der Waals surface area contributed by atoms with E-state index in [1.54, 1.807) is 22.8 Å². The molecule has 0 saturated carbocycles. The summed E-state index contributed by atoms with van der Waals surface area (Å²) in [6.07, 6.45) is 5.88. The van der Waals surface area contributed by atoms with E-state index in [9.17, 15) is 0 Å². The van der Waals surface area contributed by atoms with Crippen molar-refractivity contribution in [3.8, 4) is 0 Å². The third-order valence-electron chi connectivity index (χ3n) is 2.23. The Hall–Kier alpha value is -1.10. The van der Waals surface area contributed by atoms with Gasteiger partial charge in [-0.2, -0.15) is 5.10 Å². The zero-order valence-electron chi connectivity index (χ0n) is 8.97. The van der Waals surface area contributed by atoms with Crippen molar-refractivity contribution < 1.29 is 0 Å². The molecule has 15 heavy (non-hydrogen) atoms. The number of hydrogen-bond acceptors (Lipinski definition) is 4. The van der Waals surface area contributed by atoms with Crippen LogP contribution in [-0.2, 0) is 7.05 Å². The van der Waals surface area contributed by atoms with Crippen LogP contribution in [-0.4, -0.2) is 25.5 Å².